The van der Waals surface area contributed by atoms with Gasteiger partial charge < -0.3 is 10.6 Å². The molecule has 3 aromatic heterocycles. The Bertz CT molecular complexity index is 1660. The van der Waals surface area contributed by atoms with Crippen molar-refractivity contribution < 1.29 is 14.0 Å². The quantitative estimate of drug-likeness (QED) is 0.291. The number of rotatable bonds is 7. The number of aromatic nitrogens is 3. The van der Waals surface area contributed by atoms with Gasteiger partial charge in [0, 0.05) is 48.9 Å². The fourth-order valence-corrected chi connectivity index (χ4v) is 4.44. The second-order valence-electron chi connectivity index (χ2n) is 9.65. The summed E-state index contributed by atoms with van der Waals surface area (Å²) in [6.45, 7) is 4.64. The molecule has 7 nitrogen and oxygen atoms in total. The second kappa shape index (κ2) is 10.9. The summed E-state index contributed by atoms with van der Waals surface area (Å²) < 4.78 is 15.3. The molecule has 39 heavy (non-hydrogen) atoms. The van der Waals surface area contributed by atoms with Crippen molar-refractivity contribution in [1.82, 2.24) is 25.0 Å². The van der Waals surface area contributed by atoms with Crippen LogP contribution in [0.3, 0.4) is 0 Å². The molecule has 0 atom stereocenters. The summed E-state index contributed by atoms with van der Waals surface area (Å²) in [4.78, 5) is 35.1. The van der Waals surface area contributed by atoms with Crippen LogP contribution in [-0.2, 0) is 0 Å². The van der Waals surface area contributed by atoms with E-state index in [0.29, 0.717) is 40.6 Å². The minimum atomic E-state index is -0.366. The first-order chi connectivity index (χ1) is 18.9. The molecule has 0 saturated carbocycles. The summed E-state index contributed by atoms with van der Waals surface area (Å²) in [5.74, 6) is -0.548. The third-order valence-electron chi connectivity index (χ3n) is 6.42. The number of benzene rings is 2. The highest BCUT2D eigenvalue weighted by atomic mass is 19.1. The highest BCUT2D eigenvalue weighted by Gasteiger charge is 2.21. The van der Waals surface area contributed by atoms with Crippen molar-refractivity contribution in [2.45, 2.75) is 13.8 Å². The Balaban J connectivity index is 1.64. The molecule has 3 heterocycles. The predicted octanol–water partition coefficient (Wildman–Crippen LogP) is 5.61. The van der Waals surface area contributed by atoms with Gasteiger partial charge in [-0.05, 0) is 71.1 Å². The third kappa shape index (κ3) is 5.27. The number of hydrogen-bond acceptors (Lipinski definition) is 4. The minimum Gasteiger partial charge on any atom is -0.354 e. The van der Waals surface area contributed by atoms with Crippen molar-refractivity contribution in [1.29, 1.82) is 0 Å². The summed E-state index contributed by atoms with van der Waals surface area (Å²) in [6.07, 6.45) is 5.26. The van der Waals surface area contributed by atoms with Crippen LogP contribution in [0.5, 0.6) is 0 Å². The average Bonchev–Trinajstić information content (AvgIpc) is 3.34. The normalized spacial score (nSPS) is 11.1. The smallest absolute Gasteiger partial charge is 0.270 e. The van der Waals surface area contributed by atoms with E-state index in [2.05, 4.69) is 20.6 Å². The van der Waals surface area contributed by atoms with Crippen molar-refractivity contribution in [3.05, 3.63) is 102 Å². The molecule has 2 amide bonds. The average molecular weight is 522 g/mol. The first-order valence-electron chi connectivity index (χ1n) is 12.7. The molecule has 0 unspecified atom stereocenters. The Morgan fingerprint density at radius 1 is 0.923 bits per heavy atom. The molecule has 2 N–H and O–H groups in total. The van der Waals surface area contributed by atoms with E-state index in [1.54, 1.807) is 36.0 Å². The lowest BCUT2D eigenvalue weighted by atomic mass is 9.95. The van der Waals surface area contributed by atoms with Crippen molar-refractivity contribution in [2.24, 2.45) is 5.92 Å². The number of fused-ring (bicyclic) bond motifs is 1. The maximum absolute atomic E-state index is 13.5. The molecule has 0 aliphatic heterocycles. The Hall–Kier alpha value is -4.85. The van der Waals surface area contributed by atoms with Crippen LogP contribution >= 0.6 is 0 Å². The predicted molar refractivity (Wildman–Crippen MR) is 150 cm³/mol. The molecule has 0 saturated heterocycles. The number of hydrogen-bond donors (Lipinski definition) is 2. The van der Waals surface area contributed by atoms with Crippen LogP contribution in [0.15, 0.2) is 85.3 Å². The zero-order valence-electron chi connectivity index (χ0n) is 21.9. The van der Waals surface area contributed by atoms with Crippen LogP contribution in [-0.4, -0.2) is 39.8 Å². The zero-order chi connectivity index (χ0) is 27.5. The lowest BCUT2D eigenvalue weighted by Crippen LogP contribution is -2.27. The van der Waals surface area contributed by atoms with Crippen molar-refractivity contribution in [2.75, 3.05) is 13.6 Å². The molecule has 0 fully saturated rings. The number of carbonyl (C=O) groups excluding carboxylic acids is 2. The second-order valence-corrected chi connectivity index (χ2v) is 9.65. The van der Waals surface area contributed by atoms with Crippen molar-refractivity contribution >= 4 is 17.5 Å². The standard InChI is InChI=1S/C31H28FN5O2/c1-19(2)16-35-30(38)26-15-21(8-12-25(26)22-5-4-14-34-17-22)23-9-13-27-36-28(20-6-10-24(32)11-7-20)29(31(39)33-3)37(27)18-23/h4-15,17-19H,16H2,1-3H3,(H,33,39)(H,35,38). The van der Waals surface area contributed by atoms with E-state index in [4.69, 9.17) is 0 Å². The van der Waals surface area contributed by atoms with Crippen LogP contribution in [0.1, 0.15) is 34.7 Å². The number of carbonyl (C=O) groups is 2. The highest BCUT2D eigenvalue weighted by molar-refractivity contribution is 6.02. The monoisotopic (exact) mass is 521 g/mol. The van der Waals surface area contributed by atoms with Crippen LogP contribution in [0.2, 0.25) is 0 Å². The Morgan fingerprint density at radius 3 is 2.36 bits per heavy atom. The number of amides is 2. The summed E-state index contributed by atoms with van der Waals surface area (Å²) in [5, 5.41) is 5.70. The molecule has 0 bridgehead atoms. The number of halogens is 1. The van der Waals surface area contributed by atoms with Gasteiger partial charge in [0.15, 0.2) is 0 Å². The third-order valence-corrected chi connectivity index (χ3v) is 6.42. The van der Waals surface area contributed by atoms with Gasteiger partial charge in [-0.1, -0.05) is 32.0 Å². The molecule has 0 radical (unpaired) electrons. The molecule has 2 aromatic carbocycles. The lowest BCUT2D eigenvalue weighted by Gasteiger charge is -2.14. The van der Waals surface area contributed by atoms with Gasteiger partial charge in [-0.15, -0.1) is 0 Å². The Labute approximate surface area is 225 Å². The topological polar surface area (TPSA) is 88.4 Å². The summed E-state index contributed by atoms with van der Waals surface area (Å²) >= 11 is 0. The van der Waals surface area contributed by atoms with Crippen molar-refractivity contribution in [3.63, 3.8) is 0 Å². The molecule has 8 heteroatoms. The SMILES string of the molecule is CNC(=O)c1c(-c2ccc(F)cc2)nc2ccc(-c3ccc(-c4cccnc4)c(C(=O)NCC(C)C)c3)cn12. The fourth-order valence-electron chi connectivity index (χ4n) is 4.44. The summed E-state index contributed by atoms with van der Waals surface area (Å²) in [6, 6.07) is 19.1. The molecular formula is C31H28FN5O2. The van der Waals surface area contributed by atoms with Crippen LogP contribution in [0.4, 0.5) is 4.39 Å². The van der Waals surface area contributed by atoms with Crippen LogP contribution in [0.25, 0.3) is 39.2 Å². The van der Waals surface area contributed by atoms with E-state index in [0.717, 1.165) is 22.3 Å². The zero-order valence-corrected chi connectivity index (χ0v) is 21.9. The Kier molecular flexibility index (Phi) is 7.19. The van der Waals surface area contributed by atoms with Gasteiger partial charge in [0.2, 0.25) is 0 Å². The number of nitrogens with one attached hydrogen (secondary N) is 2. The van der Waals surface area contributed by atoms with E-state index >= 15 is 0 Å². The van der Waals surface area contributed by atoms with Gasteiger partial charge in [-0.3, -0.25) is 19.0 Å². The molecule has 196 valence electrons. The van der Waals surface area contributed by atoms with Gasteiger partial charge in [-0.2, -0.15) is 0 Å². The lowest BCUT2D eigenvalue weighted by molar-refractivity contribution is 0.0945. The van der Waals surface area contributed by atoms with Crippen LogP contribution < -0.4 is 10.6 Å². The maximum atomic E-state index is 13.5. The van der Waals surface area contributed by atoms with E-state index in [9.17, 15) is 14.0 Å². The van der Waals surface area contributed by atoms with E-state index in [1.807, 2.05) is 62.5 Å². The van der Waals surface area contributed by atoms with E-state index in [1.165, 1.54) is 12.1 Å². The first-order valence-corrected chi connectivity index (χ1v) is 12.7. The number of nitrogens with zero attached hydrogens (tertiary/aromatic N) is 3. The highest BCUT2D eigenvalue weighted by Crippen LogP contribution is 2.31. The van der Waals surface area contributed by atoms with E-state index < -0.39 is 0 Å². The molecule has 5 rings (SSSR count). The largest absolute Gasteiger partial charge is 0.354 e. The van der Waals surface area contributed by atoms with Crippen molar-refractivity contribution in [3.8, 4) is 33.5 Å². The Morgan fingerprint density at radius 2 is 1.67 bits per heavy atom. The molecule has 0 aliphatic rings. The first kappa shape index (κ1) is 25.8. The number of pyridine rings is 2. The summed E-state index contributed by atoms with van der Waals surface area (Å²) in [5.41, 5.74) is 5.74. The molecular weight excluding hydrogens is 493 g/mol. The maximum Gasteiger partial charge on any atom is 0.270 e. The van der Waals surface area contributed by atoms with Gasteiger partial charge >= 0.3 is 0 Å². The van der Waals surface area contributed by atoms with E-state index in [-0.39, 0.29) is 17.6 Å². The van der Waals surface area contributed by atoms with Gasteiger partial charge in [-0.25, -0.2) is 9.37 Å². The van der Waals surface area contributed by atoms with Crippen LogP contribution in [0, 0.1) is 11.7 Å². The van der Waals surface area contributed by atoms with Gasteiger partial charge in [0.25, 0.3) is 11.8 Å². The number of imidazole rings is 1. The molecule has 0 spiro atoms. The van der Waals surface area contributed by atoms with Gasteiger partial charge in [0.05, 0.1) is 0 Å². The minimum absolute atomic E-state index is 0.169. The van der Waals surface area contributed by atoms with Gasteiger partial charge in [0.1, 0.15) is 22.9 Å². The summed E-state index contributed by atoms with van der Waals surface area (Å²) in [7, 11) is 1.55. The fraction of sp³-hybridized carbons (Fsp3) is 0.161. The molecule has 0 aliphatic carbocycles. The molecule has 5 aromatic rings.